The van der Waals surface area contributed by atoms with Gasteiger partial charge >= 0.3 is 0 Å². The molecule has 1 N–H and O–H groups in total. The number of halogens is 1. The fourth-order valence-electron chi connectivity index (χ4n) is 2.53. The minimum atomic E-state index is -3.75. The third-order valence-electron chi connectivity index (χ3n) is 3.94. The molecule has 1 aromatic heterocycles. The second-order valence-electron chi connectivity index (χ2n) is 5.83. The van der Waals surface area contributed by atoms with Crippen LogP contribution < -0.4 is 5.32 Å². The summed E-state index contributed by atoms with van der Waals surface area (Å²) in [7, 11) is -3.75. The predicted octanol–water partition coefficient (Wildman–Crippen LogP) is 2.42. The molecule has 0 atom stereocenters. The van der Waals surface area contributed by atoms with Crippen molar-refractivity contribution in [3.63, 3.8) is 0 Å². The average Bonchev–Trinajstić information content (AvgIpc) is 3.04. The molecular formula is C17H23ClN4O4S. The van der Waals surface area contributed by atoms with E-state index < -0.39 is 10.0 Å². The van der Waals surface area contributed by atoms with Crippen molar-refractivity contribution in [1.29, 1.82) is 0 Å². The molecule has 0 fully saturated rings. The lowest BCUT2D eigenvalue weighted by Gasteiger charge is -2.19. The molecular weight excluding hydrogens is 392 g/mol. The van der Waals surface area contributed by atoms with Crippen molar-refractivity contribution in [2.24, 2.45) is 0 Å². The number of amides is 1. The predicted molar refractivity (Wildman–Crippen MR) is 101 cm³/mol. The second-order valence-corrected chi connectivity index (χ2v) is 8.14. The van der Waals surface area contributed by atoms with E-state index in [4.69, 9.17) is 16.1 Å². The van der Waals surface area contributed by atoms with Crippen molar-refractivity contribution in [1.82, 2.24) is 19.8 Å². The van der Waals surface area contributed by atoms with E-state index in [9.17, 15) is 13.2 Å². The Morgan fingerprint density at radius 1 is 1.30 bits per heavy atom. The maximum absolute atomic E-state index is 12.7. The van der Waals surface area contributed by atoms with E-state index in [1.54, 1.807) is 20.8 Å². The molecule has 1 amide bonds. The van der Waals surface area contributed by atoms with Crippen LogP contribution in [0.5, 0.6) is 0 Å². The third kappa shape index (κ3) is 5.27. The molecule has 0 unspecified atom stereocenters. The lowest BCUT2D eigenvalue weighted by atomic mass is 10.2. The Morgan fingerprint density at radius 3 is 2.59 bits per heavy atom. The molecule has 0 saturated carbocycles. The molecule has 2 rings (SSSR count). The Balaban J connectivity index is 2.04. The highest BCUT2D eigenvalue weighted by Crippen LogP contribution is 2.25. The molecule has 0 aliphatic rings. The lowest BCUT2D eigenvalue weighted by molar-refractivity contribution is 0.0952. The Labute approximate surface area is 163 Å². The monoisotopic (exact) mass is 414 g/mol. The Morgan fingerprint density at radius 2 is 2.00 bits per heavy atom. The quantitative estimate of drug-likeness (QED) is 0.631. The highest BCUT2D eigenvalue weighted by atomic mass is 35.5. The van der Waals surface area contributed by atoms with Gasteiger partial charge in [-0.15, -0.1) is 0 Å². The van der Waals surface area contributed by atoms with E-state index in [1.165, 1.54) is 22.5 Å². The van der Waals surface area contributed by atoms with Gasteiger partial charge in [-0.05, 0) is 31.5 Å². The molecule has 2 aromatic rings. The molecule has 0 aliphatic heterocycles. The first-order chi connectivity index (χ1) is 12.8. The molecule has 27 heavy (non-hydrogen) atoms. The van der Waals surface area contributed by atoms with Crippen LogP contribution in [0.2, 0.25) is 5.02 Å². The first-order valence-corrected chi connectivity index (χ1v) is 10.5. The SMILES string of the molecule is CCN(CC)S(=O)(=O)c1cc(C(=O)NCCCc2nc(C)no2)ccc1Cl. The standard InChI is InChI=1S/C17H23ClN4O4S/c1-4-22(5-2)27(24,25)15-11-13(8-9-14(15)18)17(23)19-10-6-7-16-20-12(3)21-26-16/h8-9,11H,4-7,10H2,1-3H3,(H,19,23). The molecule has 1 heterocycles. The van der Waals surface area contributed by atoms with E-state index in [-0.39, 0.29) is 21.4 Å². The van der Waals surface area contributed by atoms with Crippen LogP contribution in [0.25, 0.3) is 0 Å². The normalized spacial score (nSPS) is 11.7. The van der Waals surface area contributed by atoms with Crippen molar-refractivity contribution in [2.75, 3.05) is 19.6 Å². The van der Waals surface area contributed by atoms with Gasteiger partial charge in [0.1, 0.15) is 4.90 Å². The number of aryl methyl sites for hydroxylation is 2. The van der Waals surface area contributed by atoms with Gasteiger partial charge < -0.3 is 9.84 Å². The van der Waals surface area contributed by atoms with Crippen molar-refractivity contribution < 1.29 is 17.7 Å². The molecule has 0 bridgehead atoms. The molecule has 148 valence electrons. The van der Waals surface area contributed by atoms with Gasteiger partial charge in [0, 0.05) is 31.6 Å². The third-order valence-corrected chi connectivity index (χ3v) is 6.47. The molecule has 0 saturated heterocycles. The van der Waals surface area contributed by atoms with Crippen LogP contribution in [0, 0.1) is 6.92 Å². The van der Waals surface area contributed by atoms with Crippen LogP contribution in [-0.4, -0.2) is 48.4 Å². The second kappa shape index (κ2) is 9.29. The van der Waals surface area contributed by atoms with Gasteiger partial charge in [-0.3, -0.25) is 4.79 Å². The smallest absolute Gasteiger partial charge is 0.251 e. The van der Waals surface area contributed by atoms with Gasteiger partial charge in [0.25, 0.3) is 5.91 Å². The summed E-state index contributed by atoms with van der Waals surface area (Å²) in [6.07, 6.45) is 1.16. The van der Waals surface area contributed by atoms with Crippen molar-refractivity contribution in [3.8, 4) is 0 Å². The topological polar surface area (TPSA) is 105 Å². The number of benzene rings is 1. The summed E-state index contributed by atoms with van der Waals surface area (Å²) in [6, 6.07) is 4.24. The summed E-state index contributed by atoms with van der Waals surface area (Å²) < 4.78 is 31.7. The van der Waals surface area contributed by atoms with Crippen LogP contribution in [0.3, 0.4) is 0 Å². The van der Waals surface area contributed by atoms with Gasteiger partial charge in [0.05, 0.1) is 5.02 Å². The minimum absolute atomic E-state index is 0.0677. The summed E-state index contributed by atoms with van der Waals surface area (Å²) in [5.41, 5.74) is 0.235. The summed E-state index contributed by atoms with van der Waals surface area (Å²) in [5, 5.41) is 6.54. The number of sulfonamides is 1. The number of hydrogen-bond donors (Lipinski definition) is 1. The highest BCUT2D eigenvalue weighted by Gasteiger charge is 2.25. The summed E-state index contributed by atoms with van der Waals surface area (Å²) in [5.74, 6) is 0.711. The van der Waals surface area contributed by atoms with E-state index >= 15 is 0 Å². The largest absolute Gasteiger partial charge is 0.352 e. The number of nitrogens with zero attached hydrogens (tertiary/aromatic N) is 3. The Hall–Kier alpha value is -1.97. The van der Waals surface area contributed by atoms with Crippen LogP contribution in [0.4, 0.5) is 0 Å². The molecule has 1 aromatic carbocycles. The number of rotatable bonds is 9. The van der Waals surface area contributed by atoms with E-state index in [2.05, 4.69) is 15.5 Å². The van der Waals surface area contributed by atoms with E-state index in [0.29, 0.717) is 44.2 Å². The molecule has 8 nitrogen and oxygen atoms in total. The van der Waals surface area contributed by atoms with Crippen LogP contribution in [0.15, 0.2) is 27.6 Å². The van der Waals surface area contributed by atoms with E-state index in [0.717, 1.165) is 0 Å². The number of aromatic nitrogens is 2. The molecule has 10 heteroatoms. The first kappa shape index (κ1) is 21.3. The van der Waals surface area contributed by atoms with Crippen LogP contribution in [-0.2, 0) is 16.4 Å². The van der Waals surface area contributed by atoms with Gasteiger partial charge in [0.2, 0.25) is 15.9 Å². The maximum atomic E-state index is 12.7. The summed E-state index contributed by atoms with van der Waals surface area (Å²) in [6.45, 7) is 6.26. The van der Waals surface area contributed by atoms with Crippen molar-refractivity contribution in [3.05, 3.63) is 40.5 Å². The van der Waals surface area contributed by atoms with Gasteiger partial charge in [-0.25, -0.2) is 8.42 Å². The van der Waals surface area contributed by atoms with Crippen LogP contribution in [0.1, 0.15) is 42.3 Å². The zero-order valence-corrected chi connectivity index (χ0v) is 17.1. The molecule has 0 spiro atoms. The Kier molecular flexibility index (Phi) is 7.34. The molecule has 0 aliphatic carbocycles. The zero-order chi connectivity index (χ0) is 20.0. The average molecular weight is 415 g/mol. The fourth-order valence-corrected chi connectivity index (χ4v) is 4.49. The van der Waals surface area contributed by atoms with Crippen LogP contribution >= 0.6 is 11.6 Å². The zero-order valence-electron chi connectivity index (χ0n) is 15.5. The fraction of sp³-hybridized carbons (Fsp3) is 0.471. The Bertz CT molecular complexity index is 894. The van der Waals surface area contributed by atoms with Crippen molar-refractivity contribution >= 4 is 27.5 Å². The number of hydrogen-bond acceptors (Lipinski definition) is 6. The highest BCUT2D eigenvalue weighted by molar-refractivity contribution is 7.89. The lowest BCUT2D eigenvalue weighted by Crippen LogP contribution is -2.31. The minimum Gasteiger partial charge on any atom is -0.352 e. The summed E-state index contributed by atoms with van der Waals surface area (Å²) in [4.78, 5) is 16.4. The van der Waals surface area contributed by atoms with Gasteiger partial charge in [0.15, 0.2) is 5.82 Å². The van der Waals surface area contributed by atoms with Crippen molar-refractivity contribution in [2.45, 2.75) is 38.5 Å². The van der Waals surface area contributed by atoms with E-state index in [1.807, 2.05) is 0 Å². The summed E-state index contributed by atoms with van der Waals surface area (Å²) >= 11 is 6.08. The maximum Gasteiger partial charge on any atom is 0.251 e. The number of carbonyl (C=O) groups excluding carboxylic acids is 1. The number of nitrogens with one attached hydrogen (secondary N) is 1. The van der Waals surface area contributed by atoms with Gasteiger partial charge in [-0.2, -0.15) is 9.29 Å². The number of carbonyl (C=O) groups is 1. The van der Waals surface area contributed by atoms with Gasteiger partial charge in [-0.1, -0.05) is 30.6 Å². The first-order valence-electron chi connectivity index (χ1n) is 8.66. The molecule has 0 radical (unpaired) electrons.